The maximum Gasteiger partial charge on any atom is 0.254 e. The second-order valence-corrected chi connectivity index (χ2v) is 4.24. The molecule has 0 saturated carbocycles. The van der Waals surface area contributed by atoms with Crippen molar-refractivity contribution in [1.29, 1.82) is 0 Å². The zero-order valence-corrected chi connectivity index (χ0v) is 9.03. The molecule has 1 amide bonds. The Morgan fingerprint density at radius 3 is 3.07 bits per heavy atom. The van der Waals surface area contributed by atoms with Crippen LogP contribution in [0.25, 0.3) is 0 Å². The van der Waals surface area contributed by atoms with Gasteiger partial charge in [-0.15, -0.1) is 0 Å². The lowest BCUT2D eigenvalue weighted by atomic mass is 9.99. The molecule has 0 spiro atoms. The molecule has 3 N–H and O–H groups in total. The molecule has 0 aromatic carbocycles. The van der Waals surface area contributed by atoms with Crippen LogP contribution in [0.2, 0.25) is 0 Å². The number of amides is 1. The minimum atomic E-state index is -0.423. The molecule has 2 rings (SSSR count). The maximum absolute atomic E-state index is 11.1. The van der Waals surface area contributed by atoms with Crippen molar-refractivity contribution in [3.05, 3.63) is 11.8 Å². The number of fused-ring (bicyclic) bond motifs is 1. The highest BCUT2D eigenvalue weighted by molar-refractivity contribution is 5.97. The van der Waals surface area contributed by atoms with Gasteiger partial charge in [0.1, 0.15) is 11.4 Å². The molecular formula is C10H16N4O. The first-order valence-corrected chi connectivity index (χ1v) is 5.22. The normalized spacial score (nSPS) is 19.8. The lowest BCUT2D eigenvalue weighted by Crippen LogP contribution is -2.28. The predicted molar refractivity (Wildman–Crippen MR) is 57.7 cm³/mol. The lowest BCUT2D eigenvalue weighted by Gasteiger charge is -2.28. The van der Waals surface area contributed by atoms with Crippen molar-refractivity contribution in [3.63, 3.8) is 0 Å². The van der Waals surface area contributed by atoms with Gasteiger partial charge in [0.2, 0.25) is 0 Å². The summed E-state index contributed by atoms with van der Waals surface area (Å²) in [6, 6.07) is 0.356. The highest BCUT2D eigenvalue weighted by Gasteiger charge is 2.26. The molecule has 0 saturated heterocycles. The third-order valence-corrected chi connectivity index (χ3v) is 2.88. The van der Waals surface area contributed by atoms with Crippen molar-refractivity contribution in [1.82, 2.24) is 9.78 Å². The van der Waals surface area contributed by atoms with Gasteiger partial charge in [0.15, 0.2) is 0 Å². The van der Waals surface area contributed by atoms with E-state index in [1.54, 1.807) is 6.20 Å². The molecule has 5 heteroatoms. The number of rotatable bonds is 2. The van der Waals surface area contributed by atoms with Crippen LogP contribution in [-0.2, 0) is 0 Å². The monoisotopic (exact) mass is 208 g/mol. The Balaban J connectivity index is 2.42. The van der Waals surface area contributed by atoms with Crippen molar-refractivity contribution in [2.24, 2.45) is 11.7 Å². The summed E-state index contributed by atoms with van der Waals surface area (Å²) >= 11 is 0. The average Bonchev–Trinajstić information content (AvgIpc) is 2.59. The highest BCUT2D eigenvalue weighted by Crippen LogP contribution is 2.30. The van der Waals surface area contributed by atoms with Crippen molar-refractivity contribution in [2.75, 3.05) is 11.9 Å². The fourth-order valence-electron chi connectivity index (χ4n) is 2.05. The van der Waals surface area contributed by atoms with Crippen LogP contribution in [0, 0.1) is 5.92 Å². The summed E-state index contributed by atoms with van der Waals surface area (Å²) < 4.78 is 1.88. The maximum atomic E-state index is 11.1. The summed E-state index contributed by atoms with van der Waals surface area (Å²) in [7, 11) is 0. The number of nitrogens with two attached hydrogens (primary N) is 1. The van der Waals surface area contributed by atoms with E-state index in [1.807, 2.05) is 4.68 Å². The standard InChI is InChI=1S/C10H16N4O/c1-6(2)8-3-4-12-10-7(9(11)15)5-13-14(8)10/h5-6,8,12H,3-4H2,1-2H3,(H2,11,15). The summed E-state index contributed by atoms with van der Waals surface area (Å²) in [6.45, 7) is 5.19. The van der Waals surface area contributed by atoms with Gasteiger partial charge in [0, 0.05) is 6.54 Å². The number of hydrogen-bond acceptors (Lipinski definition) is 3. The number of hydrogen-bond donors (Lipinski definition) is 2. The van der Waals surface area contributed by atoms with Crippen LogP contribution in [0.15, 0.2) is 6.20 Å². The Bertz CT molecular complexity index is 383. The van der Waals surface area contributed by atoms with Gasteiger partial charge in [-0.3, -0.25) is 4.79 Å². The van der Waals surface area contributed by atoms with Gasteiger partial charge < -0.3 is 11.1 Å². The van der Waals surface area contributed by atoms with Crippen molar-refractivity contribution in [3.8, 4) is 0 Å². The molecule has 82 valence electrons. The van der Waals surface area contributed by atoms with Crippen LogP contribution < -0.4 is 11.1 Å². The minimum absolute atomic E-state index is 0.356. The third-order valence-electron chi connectivity index (χ3n) is 2.88. The minimum Gasteiger partial charge on any atom is -0.370 e. The summed E-state index contributed by atoms with van der Waals surface area (Å²) in [5, 5.41) is 7.41. The van der Waals surface area contributed by atoms with Crippen molar-refractivity contribution in [2.45, 2.75) is 26.3 Å². The average molecular weight is 208 g/mol. The van der Waals surface area contributed by atoms with Crippen LogP contribution >= 0.6 is 0 Å². The number of anilines is 1. The number of nitrogens with one attached hydrogen (secondary N) is 1. The Kier molecular flexibility index (Phi) is 2.38. The lowest BCUT2D eigenvalue weighted by molar-refractivity contribution is 0.100. The van der Waals surface area contributed by atoms with Crippen LogP contribution in [0.4, 0.5) is 5.82 Å². The zero-order chi connectivity index (χ0) is 11.0. The second-order valence-electron chi connectivity index (χ2n) is 4.24. The smallest absolute Gasteiger partial charge is 0.254 e. The van der Waals surface area contributed by atoms with Crippen molar-refractivity contribution >= 4 is 11.7 Å². The van der Waals surface area contributed by atoms with Crippen molar-refractivity contribution < 1.29 is 4.79 Å². The van der Waals surface area contributed by atoms with Gasteiger partial charge in [0.05, 0.1) is 12.2 Å². The molecular weight excluding hydrogens is 192 g/mol. The number of nitrogens with zero attached hydrogens (tertiary/aromatic N) is 2. The number of primary amides is 1. The topological polar surface area (TPSA) is 72.9 Å². The van der Waals surface area contributed by atoms with E-state index in [9.17, 15) is 4.79 Å². The van der Waals surface area contributed by atoms with Gasteiger partial charge in [-0.2, -0.15) is 5.10 Å². The molecule has 2 heterocycles. The first kappa shape index (κ1) is 10.0. The SMILES string of the molecule is CC(C)C1CCNc2c(C(N)=O)cnn21. The number of aromatic nitrogens is 2. The molecule has 0 bridgehead atoms. The van der Waals surface area contributed by atoms with E-state index in [-0.39, 0.29) is 0 Å². The first-order valence-electron chi connectivity index (χ1n) is 5.22. The quantitative estimate of drug-likeness (QED) is 0.761. The van der Waals surface area contributed by atoms with Crippen LogP contribution in [0.1, 0.15) is 36.7 Å². The van der Waals surface area contributed by atoms with Gasteiger partial charge in [-0.25, -0.2) is 4.68 Å². The van der Waals surface area contributed by atoms with Crippen LogP contribution in [-0.4, -0.2) is 22.2 Å². The Morgan fingerprint density at radius 1 is 1.73 bits per heavy atom. The zero-order valence-electron chi connectivity index (χ0n) is 9.03. The van der Waals surface area contributed by atoms with Gasteiger partial charge in [-0.05, 0) is 12.3 Å². The second kappa shape index (κ2) is 3.56. The van der Waals surface area contributed by atoms with E-state index in [0.717, 1.165) is 18.8 Å². The molecule has 15 heavy (non-hydrogen) atoms. The molecule has 1 aromatic rings. The molecule has 0 aliphatic carbocycles. The van der Waals surface area contributed by atoms with Crippen LogP contribution in [0.3, 0.4) is 0 Å². The summed E-state index contributed by atoms with van der Waals surface area (Å²) in [5.41, 5.74) is 5.76. The molecule has 1 aromatic heterocycles. The third kappa shape index (κ3) is 1.58. The molecule has 0 fully saturated rings. The predicted octanol–water partition coefficient (Wildman–Crippen LogP) is 0.995. The molecule has 1 atom stereocenters. The van der Waals surface area contributed by atoms with E-state index in [2.05, 4.69) is 24.3 Å². The Labute approximate surface area is 88.6 Å². The van der Waals surface area contributed by atoms with Crippen LogP contribution in [0.5, 0.6) is 0 Å². The Morgan fingerprint density at radius 2 is 2.47 bits per heavy atom. The van der Waals surface area contributed by atoms with E-state index in [1.165, 1.54) is 0 Å². The summed E-state index contributed by atoms with van der Waals surface area (Å²) in [6.07, 6.45) is 2.58. The Hall–Kier alpha value is -1.52. The molecule has 0 radical (unpaired) electrons. The first-order chi connectivity index (χ1) is 7.11. The molecule has 1 aliphatic rings. The fraction of sp³-hybridized carbons (Fsp3) is 0.600. The van der Waals surface area contributed by atoms with E-state index in [4.69, 9.17) is 5.73 Å². The van der Waals surface area contributed by atoms with E-state index < -0.39 is 5.91 Å². The summed E-state index contributed by atoms with van der Waals surface area (Å²) in [4.78, 5) is 11.1. The summed E-state index contributed by atoms with van der Waals surface area (Å²) in [5.74, 6) is 0.854. The number of carbonyl (C=O) groups is 1. The molecule has 1 aliphatic heterocycles. The van der Waals surface area contributed by atoms with Gasteiger partial charge >= 0.3 is 0 Å². The highest BCUT2D eigenvalue weighted by atomic mass is 16.1. The molecule has 1 unspecified atom stereocenters. The van der Waals surface area contributed by atoms with E-state index >= 15 is 0 Å². The largest absolute Gasteiger partial charge is 0.370 e. The number of carbonyl (C=O) groups excluding carboxylic acids is 1. The molecule has 5 nitrogen and oxygen atoms in total. The van der Waals surface area contributed by atoms with E-state index in [0.29, 0.717) is 17.5 Å². The van der Waals surface area contributed by atoms with Gasteiger partial charge in [-0.1, -0.05) is 13.8 Å². The fourth-order valence-corrected chi connectivity index (χ4v) is 2.05. The van der Waals surface area contributed by atoms with Gasteiger partial charge in [0.25, 0.3) is 5.91 Å².